The van der Waals surface area contributed by atoms with Crippen molar-refractivity contribution in [3.63, 3.8) is 0 Å². The van der Waals surface area contributed by atoms with Gasteiger partial charge in [-0.25, -0.2) is 13.1 Å². The smallest absolute Gasteiger partial charge is 0.241 e. The van der Waals surface area contributed by atoms with E-state index in [1.807, 2.05) is 43.3 Å². The summed E-state index contributed by atoms with van der Waals surface area (Å²) in [5.41, 5.74) is 2.82. The van der Waals surface area contributed by atoms with Crippen molar-refractivity contribution >= 4 is 26.0 Å². The molecule has 1 N–H and O–H groups in total. The molecular formula is C20H20BrNO4S. The Morgan fingerprint density at radius 3 is 2.59 bits per heavy atom. The molecule has 142 valence electrons. The van der Waals surface area contributed by atoms with E-state index in [9.17, 15) is 8.42 Å². The summed E-state index contributed by atoms with van der Waals surface area (Å²) in [5.74, 6) is 0.766. The summed E-state index contributed by atoms with van der Waals surface area (Å²) < 4.78 is 39.1. The fraction of sp³-hybridized carbons (Fsp3) is 0.200. The number of hydrogen-bond acceptors (Lipinski definition) is 4. The molecular weight excluding hydrogens is 430 g/mol. The Morgan fingerprint density at radius 1 is 1.04 bits per heavy atom. The third-order valence-corrected chi connectivity index (χ3v) is 6.31. The molecule has 0 aliphatic heterocycles. The minimum absolute atomic E-state index is 0.203. The minimum Gasteiger partial charge on any atom is -0.467 e. The fourth-order valence-corrected chi connectivity index (χ4v) is 4.78. The van der Waals surface area contributed by atoms with Crippen molar-refractivity contribution in [2.24, 2.45) is 0 Å². The van der Waals surface area contributed by atoms with Crippen molar-refractivity contribution in [1.29, 1.82) is 0 Å². The van der Waals surface area contributed by atoms with Gasteiger partial charge in [0.2, 0.25) is 10.0 Å². The Morgan fingerprint density at radius 2 is 1.85 bits per heavy atom. The van der Waals surface area contributed by atoms with E-state index in [0.29, 0.717) is 17.7 Å². The molecule has 3 rings (SSSR count). The van der Waals surface area contributed by atoms with Gasteiger partial charge in [0.25, 0.3) is 0 Å². The van der Waals surface area contributed by atoms with Gasteiger partial charge in [0.05, 0.1) is 17.8 Å². The zero-order valence-electron chi connectivity index (χ0n) is 14.8. The van der Waals surface area contributed by atoms with Crippen molar-refractivity contribution in [2.75, 3.05) is 0 Å². The number of aryl methyl sites for hydroxylation is 1. The number of halogens is 1. The average molecular weight is 450 g/mol. The Balaban J connectivity index is 1.60. The molecule has 27 heavy (non-hydrogen) atoms. The Bertz CT molecular complexity index is 1000. The quantitative estimate of drug-likeness (QED) is 0.547. The van der Waals surface area contributed by atoms with Gasteiger partial charge in [0.15, 0.2) is 0 Å². The molecule has 0 amide bonds. The zero-order chi connectivity index (χ0) is 19.3. The summed E-state index contributed by atoms with van der Waals surface area (Å²) >= 11 is 3.32. The summed E-state index contributed by atoms with van der Waals surface area (Å²) in [6.45, 7) is 2.93. The Kier molecular flexibility index (Phi) is 6.49. The summed E-state index contributed by atoms with van der Waals surface area (Å²) in [5, 5.41) is 0. The highest BCUT2D eigenvalue weighted by Crippen LogP contribution is 2.23. The van der Waals surface area contributed by atoms with Gasteiger partial charge in [0.1, 0.15) is 12.4 Å². The van der Waals surface area contributed by atoms with E-state index in [2.05, 4.69) is 20.7 Å². The Labute approximate surface area is 167 Å². The van der Waals surface area contributed by atoms with Crippen LogP contribution in [-0.4, -0.2) is 8.42 Å². The monoisotopic (exact) mass is 449 g/mol. The third-order valence-electron chi connectivity index (χ3n) is 3.93. The molecule has 0 atom stereocenters. The number of nitrogens with one attached hydrogen (secondary N) is 1. The van der Waals surface area contributed by atoms with Gasteiger partial charge >= 0.3 is 0 Å². The number of benzene rings is 2. The summed E-state index contributed by atoms with van der Waals surface area (Å²) in [6, 6.07) is 16.5. The molecule has 0 saturated heterocycles. The highest BCUT2D eigenvalue weighted by molar-refractivity contribution is 9.10. The van der Waals surface area contributed by atoms with E-state index in [0.717, 1.165) is 22.5 Å². The first-order valence-corrected chi connectivity index (χ1v) is 10.7. The van der Waals surface area contributed by atoms with Crippen LogP contribution in [0.25, 0.3) is 0 Å². The van der Waals surface area contributed by atoms with Crippen LogP contribution in [0, 0.1) is 6.92 Å². The molecule has 5 nitrogen and oxygen atoms in total. The third kappa shape index (κ3) is 5.52. The molecule has 0 saturated carbocycles. The molecule has 2 aromatic carbocycles. The van der Waals surface area contributed by atoms with Gasteiger partial charge in [-0.15, -0.1) is 0 Å². The predicted molar refractivity (Wildman–Crippen MR) is 107 cm³/mol. The maximum atomic E-state index is 12.5. The first-order chi connectivity index (χ1) is 12.9. The molecule has 1 aromatic heterocycles. The summed E-state index contributed by atoms with van der Waals surface area (Å²) in [7, 11) is -3.61. The van der Waals surface area contributed by atoms with Crippen LogP contribution in [0.3, 0.4) is 0 Å². The van der Waals surface area contributed by atoms with Crippen LogP contribution in [0.15, 0.2) is 74.6 Å². The van der Waals surface area contributed by atoms with Crippen LogP contribution in [-0.2, 0) is 34.5 Å². The van der Waals surface area contributed by atoms with Crippen molar-refractivity contribution in [2.45, 2.75) is 31.6 Å². The lowest BCUT2D eigenvalue weighted by Crippen LogP contribution is -2.23. The van der Waals surface area contributed by atoms with Crippen molar-refractivity contribution in [3.05, 3.63) is 87.8 Å². The van der Waals surface area contributed by atoms with Crippen molar-refractivity contribution < 1.29 is 17.6 Å². The lowest BCUT2D eigenvalue weighted by Gasteiger charge is -2.10. The highest BCUT2D eigenvalue weighted by atomic mass is 79.9. The average Bonchev–Trinajstić information content (AvgIpc) is 3.14. The van der Waals surface area contributed by atoms with E-state index in [1.165, 1.54) is 0 Å². The van der Waals surface area contributed by atoms with E-state index in [4.69, 9.17) is 9.15 Å². The van der Waals surface area contributed by atoms with E-state index >= 15 is 0 Å². The van der Waals surface area contributed by atoms with E-state index in [1.54, 1.807) is 24.5 Å². The number of hydrogen-bond donors (Lipinski definition) is 1. The highest BCUT2D eigenvalue weighted by Gasteiger charge is 2.17. The van der Waals surface area contributed by atoms with Crippen LogP contribution >= 0.6 is 15.9 Å². The lowest BCUT2D eigenvalue weighted by atomic mass is 10.1. The van der Waals surface area contributed by atoms with Gasteiger partial charge in [0, 0.05) is 11.0 Å². The topological polar surface area (TPSA) is 68.5 Å². The number of sulfonamides is 1. The molecule has 7 heteroatoms. The van der Waals surface area contributed by atoms with Gasteiger partial charge in [-0.05, 0) is 63.8 Å². The summed E-state index contributed by atoms with van der Waals surface area (Å²) in [4.78, 5) is 0.228. The molecule has 3 aromatic rings. The minimum atomic E-state index is -3.61. The first-order valence-electron chi connectivity index (χ1n) is 8.38. The first kappa shape index (κ1) is 19.8. The Hall–Kier alpha value is -1.93. The second kappa shape index (κ2) is 8.84. The maximum absolute atomic E-state index is 12.5. The summed E-state index contributed by atoms with van der Waals surface area (Å²) in [6.07, 6.45) is 1.61. The molecule has 0 unspecified atom stereocenters. The number of furan rings is 1. The second-order valence-electron chi connectivity index (χ2n) is 6.15. The van der Waals surface area contributed by atoms with E-state index < -0.39 is 10.0 Å². The van der Waals surface area contributed by atoms with Gasteiger partial charge in [-0.1, -0.05) is 30.3 Å². The van der Waals surface area contributed by atoms with Gasteiger partial charge in [-0.2, -0.15) is 0 Å². The van der Waals surface area contributed by atoms with Crippen molar-refractivity contribution in [1.82, 2.24) is 4.72 Å². The van der Waals surface area contributed by atoms with Crippen molar-refractivity contribution in [3.8, 4) is 0 Å². The molecule has 1 heterocycles. The van der Waals surface area contributed by atoms with Crippen LogP contribution in [0.5, 0.6) is 0 Å². The van der Waals surface area contributed by atoms with Crippen LogP contribution in [0.2, 0.25) is 0 Å². The maximum Gasteiger partial charge on any atom is 0.241 e. The number of rotatable bonds is 8. The largest absolute Gasteiger partial charge is 0.467 e. The lowest BCUT2D eigenvalue weighted by molar-refractivity contribution is 0.0929. The molecule has 0 bridgehead atoms. The zero-order valence-corrected chi connectivity index (χ0v) is 17.2. The van der Waals surface area contributed by atoms with Crippen LogP contribution in [0.4, 0.5) is 0 Å². The molecule has 0 fully saturated rings. The number of ether oxygens (including phenoxy) is 1. The van der Waals surface area contributed by atoms with Gasteiger partial charge in [-0.3, -0.25) is 0 Å². The predicted octanol–water partition coefficient (Wildman–Crippen LogP) is 4.55. The molecule has 0 radical (unpaired) electrons. The fourth-order valence-electron chi connectivity index (χ4n) is 2.57. The van der Waals surface area contributed by atoms with E-state index in [-0.39, 0.29) is 11.4 Å². The molecule has 0 aliphatic carbocycles. The van der Waals surface area contributed by atoms with Crippen LogP contribution < -0.4 is 4.72 Å². The van der Waals surface area contributed by atoms with Crippen LogP contribution in [0.1, 0.15) is 22.5 Å². The second-order valence-corrected chi connectivity index (χ2v) is 8.74. The molecule has 0 aliphatic rings. The normalized spacial score (nSPS) is 11.6. The standard InChI is InChI=1S/C20H20BrNO4S/c1-15-7-8-20(19(21)10-15)27(23,24)22-12-16-4-2-5-17(11-16)13-25-14-18-6-3-9-26-18/h2-11,22H,12-14H2,1H3. The molecule has 0 spiro atoms. The van der Waals surface area contributed by atoms with Gasteiger partial charge < -0.3 is 9.15 Å². The SMILES string of the molecule is Cc1ccc(S(=O)(=O)NCc2cccc(COCc3ccco3)c2)c(Br)c1.